The van der Waals surface area contributed by atoms with Crippen LogP contribution in [0.2, 0.25) is 0 Å². The van der Waals surface area contributed by atoms with Crippen LogP contribution in [0, 0.1) is 5.92 Å². The zero-order valence-electron chi connectivity index (χ0n) is 11.7. The van der Waals surface area contributed by atoms with E-state index in [-0.39, 0.29) is 11.7 Å². The van der Waals surface area contributed by atoms with Gasteiger partial charge in [0.25, 0.3) is 0 Å². The van der Waals surface area contributed by atoms with E-state index in [1.165, 1.54) is 0 Å². The number of fused-ring (bicyclic) bond motifs is 1. The molecule has 0 aromatic carbocycles. The quantitative estimate of drug-likeness (QED) is 0.767. The molecule has 1 N–H and O–H groups in total. The molecule has 0 aromatic rings. The van der Waals surface area contributed by atoms with Gasteiger partial charge in [-0.2, -0.15) is 0 Å². The first-order valence-corrected chi connectivity index (χ1v) is 8.78. The van der Waals surface area contributed by atoms with E-state index in [0.29, 0.717) is 32.5 Å². The molecule has 1 aliphatic carbocycles. The van der Waals surface area contributed by atoms with Crippen LogP contribution >= 0.6 is 0 Å². The maximum atomic E-state index is 12.2. The summed E-state index contributed by atoms with van der Waals surface area (Å²) in [6, 6.07) is 0. The summed E-state index contributed by atoms with van der Waals surface area (Å²) in [7, 11) is -1.61. The highest BCUT2D eigenvalue weighted by atomic mass is 32.2. The molecular weight excluding hydrogens is 266 g/mol. The molecule has 1 saturated carbocycles. The fourth-order valence-electron chi connectivity index (χ4n) is 3.31. The van der Waals surface area contributed by atoms with Gasteiger partial charge in [-0.05, 0) is 25.7 Å². The first-order valence-electron chi connectivity index (χ1n) is 7.17. The van der Waals surface area contributed by atoms with E-state index in [9.17, 15) is 13.5 Å². The summed E-state index contributed by atoms with van der Waals surface area (Å²) in [4.78, 5) is 0. The van der Waals surface area contributed by atoms with Crippen molar-refractivity contribution in [3.05, 3.63) is 0 Å². The van der Waals surface area contributed by atoms with Gasteiger partial charge in [0.1, 0.15) is 0 Å². The van der Waals surface area contributed by atoms with E-state index in [1.54, 1.807) is 11.4 Å². The zero-order chi connectivity index (χ0) is 13.9. The monoisotopic (exact) mass is 291 g/mol. The fourth-order valence-corrected chi connectivity index (χ4v) is 4.83. The van der Waals surface area contributed by atoms with Crippen molar-refractivity contribution in [2.75, 3.05) is 32.6 Å². The molecule has 2 rings (SSSR count). The number of hydrogen-bond donors (Lipinski definition) is 1. The van der Waals surface area contributed by atoms with E-state index >= 15 is 0 Å². The van der Waals surface area contributed by atoms with Crippen LogP contribution < -0.4 is 0 Å². The Morgan fingerprint density at radius 3 is 2.89 bits per heavy atom. The van der Waals surface area contributed by atoms with E-state index in [1.807, 2.05) is 0 Å². The van der Waals surface area contributed by atoms with Crippen LogP contribution in [0.15, 0.2) is 0 Å². The molecule has 0 bridgehead atoms. The Balaban J connectivity index is 1.96. The highest BCUT2D eigenvalue weighted by molar-refractivity contribution is 7.89. The summed E-state index contributed by atoms with van der Waals surface area (Å²) in [5.41, 5.74) is -0.614. The van der Waals surface area contributed by atoms with Gasteiger partial charge in [-0.1, -0.05) is 12.8 Å². The summed E-state index contributed by atoms with van der Waals surface area (Å²) in [5.74, 6) is 0.263. The van der Waals surface area contributed by atoms with Crippen molar-refractivity contribution in [3.63, 3.8) is 0 Å². The summed E-state index contributed by atoms with van der Waals surface area (Å²) in [6.07, 6.45) is 5.05. The number of piperidine rings is 1. The highest BCUT2D eigenvalue weighted by Gasteiger charge is 2.44. The van der Waals surface area contributed by atoms with Gasteiger partial charge in [0.05, 0.1) is 11.4 Å². The van der Waals surface area contributed by atoms with Gasteiger partial charge in [0, 0.05) is 32.7 Å². The third kappa shape index (κ3) is 3.48. The van der Waals surface area contributed by atoms with Crippen molar-refractivity contribution >= 4 is 10.0 Å². The summed E-state index contributed by atoms with van der Waals surface area (Å²) in [6.45, 7) is 1.43. The number of sulfonamides is 1. The van der Waals surface area contributed by atoms with Gasteiger partial charge in [0.15, 0.2) is 0 Å². The molecular formula is C13H25NO4S. The van der Waals surface area contributed by atoms with Gasteiger partial charge < -0.3 is 9.84 Å². The SMILES string of the molecule is COCCCS(=O)(=O)N1CCC2(O)CCCCC2C1. The topological polar surface area (TPSA) is 66.8 Å². The van der Waals surface area contributed by atoms with Crippen molar-refractivity contribution in [2.24, 2.45) is 5.92 Å². The summed E-state index contributed by atoms with van der Waals surface area (Å²) >= 11 is 0. The number of hydrogen-bond acceptors (Lipinski definition) is 4. The average Bonchev–Trinajstić information content (AvgIpc) is 2.37. The zero-order valence-corrected chi connectivity index (χ0v) is 12.5. The van der Waals surface area contributed by atoms with Crippen LogP contribution in [0.5, 0.6) is 0 Å². The molecule has 2 unspecified atom stereocenters. The first kappa shape index (κ1) is 15.2. The molecule has 1 aliphatic heterocycles. The van der Waals surface area contributed by atoms with Crippen molar-refractivity contribution in [1.82, 2.24) is 4.31 Å². The molecule has 2 aliphatic rings. The summed E-state index contributed by atoms with van der Waals surface area (Å²) in [5, 5.41) is 10.5. The van der Waals surface area contributed by atoms with Crippen molar-refractivity contribution in [2.45, 2.75) is 44.1 Å². The molecule has 1 heterocycles. The highest BCUT2D eigenvalue weighted by Crippen LogP contribution is 2.40. The van der Waals surface area contributed by atoms with E-state index < -0.39 is 15.6 Å². The molecule has 0 spiro atoms. The molecule has 0 amide bonds. The predicted octanol–water partition coefficient (Wildman–Crippen LogP) is 0.980. The third-order valence-corrected chi connectivity index (χ3v) is 6.46. The minimum absolute atomic E-state index is 0.118. The number of aliphatic hydroxyl groups is 1. The largest absolute Gasteiger partial charge is 0.390 e. The average molecular weight is 291 g/mol. The van der Waals surface area contributed by atoms with Crippen LogP contribution in [-0.4, -0.2) is 56.0 Å². The van der Waals surface area contributed by atoms with Gasteiger partial charge in [0.2, 0.25) is 10.0 Å². The number of rotatable bonds is 5. The summed E-state index contributed by atoms with van der Waals surface area (Å²) < 4.78 is 30.9. The molecule has 2 fully saturated rings. The second kappa shape index (κ2) is 6.08. The minimum atomic E-state index is -3.19. The molecule has 6 heteroatoms. The predicted molar refractivity (Wildman–Crippen MR) is 73.4 cm³/mol. The van der Waals surface area contributed by atoms with Crippen LogP contribution in [0.1, 0.15) is 38.5 Å². The van der Waals surface area contributed by atoms with E-state index in [4.69, 9.17) is 4.74 Å². The number of methoxy groups -OCH3 is 1. The molecule has 2 atom stereocenters. The van der Waals surface area contributed by atoms with Crippen molar-refractivity contribution < 1.29 is 18.3 Å². The molecule has 19 heavy (non-hydrogen) atoms. The lowest BCUT2D eigenvalue weighted by Crippen LogP contribution is -2.54. The standard InChI is InChI=1S/C13H25NO4S/c1-18-9-4-10-19(16,17)14-8-7-13(15)6-3-2-5-12(13)11-14/h12,15H,2-11H2,1H3. The Hall–Kier alpha value is -0.170. The Morgan fingerprint density at radius 1 is 1.37 bits per heavy atom. The lowest BCUT2D eigenvalue weighted by molar-refractivity contribution is -0.0816. The molecule has 112 valence electrons. The van der Waals surface area contributed by atoms with Crippen LogP contribution in [-0.2, 0) is 14.8 Å². The smallest absolute Gasteiger partial charge is 0.214 e. The molecule has 1 saturated heterocycles. The van der Waals surface area contributed by atoms with Gasteiger partial charge in [-0.3, -0.25) is 0 Å². The maximum absolute atomic E-state index is 12.2. The molecule has 0 radical (unpaired) electrons. The van der Waals surface area contributed by atoms with Crippen molar-refractivity contribution in [1.29, 1.82) is 0 Å². The lowest BCUT2D eigenvalue weighted by Gasteiger charge is -2.46. The third-order valence-electron chi connectivity index (χ3n) is 4.53. The van der Waals surface area contributed by atoms with Gasteiger partial charge >= 0.3 is 0 Å². The van der Waals surface area contributed by atoms with Crippen LogP contribution in [0.25, 0.3) is 0 Å². The number of nitrogens with zero attached hydrogens (tertiary/aromatic N) is 1. The van der Waals surface area contributed by atoms with Gasteiger partial charge in [-0.15, -0.1) is 0 Å². The number of ether oxygens (including phenoxy) is 1. The molecule has 5 nitrogen and oxygen atoms in total. The Kier molecular flexibility index (Phi) is 4.87. The Labute approximate surface area is 116 Å². The fraction of sp³-hybridized carbons (Fsp3) is 1.00. The lowest BCUT2D eigenvalue weighted by atomic mass is 9.72. The second-order valence-corrected chi connectivity index (χ2v) is 7.91. The van der Waals surface area contributed by atoms with Crippen LogP contribution in [0.4, 0.5) is 0 Å². The van der Waals surface area contributed by atoms with Crippen LogP contribution in [0.3, 0.4) is 0 Å². The van der Waals surface area contributed by atoms with Gasteiger partial charge in [-0.25, -0.2) is 12.7 Å². The minimum Gasteiger partial charge on any atom is -0.390 e. The Morgan fingerprint density at radius 2 is 2.16 bits per heavy atom. The normalized spacial score (nSPS) is 33.1. The first-order chi connectivity index (χ1) is 8.98. The molecule has 0 aromatic heterocycles. The van der Waals surface area contributed by atoms with Crippen molar-refractivity contribution in [3.8, 4) is 0 Å². The Bertz CT molecular complexity index is 397. The second-order valence-electron chi connectivity index (χ2n) is 5.82. The maximum Gasteiger partial charge on any atom is 0.214 e. The van der Waals surface area contributed by atoms with E-state index in [2.05, 4.69) is 0 Å². The van der Waals surface area contributed by atoms with E-state index in [0.717, 1.165) is 25.7 Å².